The largest absolute Gasteiger partial charge is 0.461 e. The fourth-order valence-corrected chi connectivity index (χ4v) is 4.19. The van der Waals surface area contributed by atoms with Crippen molar-refractivity contribution in [3.05, 3.63) is 70.7 Å². The van der Waals surface area contributed by atoms with Crippen LogP contribution in [0.15, 0.2) is 54.6 Å². The summed E-state index contributed by atoms with van der Waals surface area (Å²) in [5.74, 6) is 0.393. The summed E-state index contributed by atoms with van der Waals surface area (Å²) in [5, 5.41) is 0.752. The molecule has 5 heteroatoms. The van der Waals surface area contributed by atoms with E-state index < -0.39 is 6.04 Å². The topological polar surface area (TPSA) is 52.3 Å². The van der Waals surface area contributed by atoms with Gasteiger partial charge in [0.2, 0.25) is 0 Å². The molecule has 0 amide bonds. The third-order valence-corrected chi connectivity index (χ3v) is 5.88. The van der Waals surface area contributed by atoms with E-state index in [2.05, 4.69) is 36.4 Å². The van der Waals surface area contributed by atoms with E-state index in [1.165, 1.54) is 11.1 Å². The summed E-state index contributed by atoms with van der Waals surface area (Å²) >= 11 is 6.04. The van der Waals surface area contributed by atoms with Gasteiger partial charge < -0.3 is 10.5 Å². The van der Waals surface area contributed by atoms with Gasteiger partial charge in [-0.3, -0.25) is 4.79 Å². The van der Waals surface area contributed by atoms with E-state index in [1.54, 1.807) is 0 Å². The lowest BCUT2D eigenvalue weighted by atomic mass is 9.77. The smallest absolute Gasteiger partial charge is 0.323 e. The lowest BCUT2D eigenvalue weighted by molar-refractivity contribution is -0.153. The van der Waals surface area contributed by atoms with Crippen molar-refractivity contribution in [1.82, 2.24) is 0 Å². The highest BCUT2D eigenvalue weighted by molar-refractivity contribution is 6.30. The van der Waals surface area contributed by atoms with Gasteiger partial charge >= 0.3 is 5.97 Å². The molecule has 2 aromatic carbocycles. The Morgan fingerprint density at radius 2 is 1.64 bits per heavy atom. The number of carbonyl (C=O) groups is 1. The monoisotopic (exact) mass is 421 g/mol. The first kappa shape index (κ1) is 22.7. The molecule has 4 atom stereocenters. The van der Waals surface area contributed by atoms with Crippen molar-refractivity contribution in [2.75, 3.05) is 0 Å². The van der Waals surface area contributed by atoms with Crippen LogP contribution < -0.4 is 5.73 Å². The van der Waals surface area contributed by atoms with E-state index in [9.17, 15) is 4.79 Å². The molecule has 0 saturated carbocycles. The molecule has 1 aliphatic heterocycles. The summed E-state index contributed by atoms with van der Waals surface area (Å²) in [5.41, 5.74) is 8.54. The standard InChI is InChI=1S/C23H28ClNO2.ClH/c1-16-21(15-17-6-3-2-4-7-17)19(8-5-9-22(25)23(26)27-16)14-18-10-12-20(24)13-11-18;/h2-4,6-7,10-13,16,19,21-22H,5,8-9,14-15,25H2,1H3;1H/t16-,19+,21-,22-;/m0./s1. The van der Waals surface area contributed by atoms with Gasteiger partial charge in [0.25, 0.3) is 0 Å². The minimum Gasteiger partial charge on any atom is -0.461 e. The van der Waals surface area contributed by atoms with Gasteiger partial charge in [-0.15, -0.1) is 12.4 Å². The van der Waals surface area contributed by atoms with Gasteiger partial charge in [0.15, 0.2) is 0 Å². The second-order valence-electron chi connectivity index (χ2n) is 7.62. The van der Waals surface area contributed by atoms with Crippen LogP contribution in [0.2, 0.25) is 5.02 Å². The summed E-state index contributed by atoms with van der Waals surface area (Å²) in [7, 11) is 0. The minimum atomic E-state index is -0.515. The van der Waals surface area contributed by atoms with Crippen LogP contribution in [0, 0.1) is 11.8 Å². The maximum atomic E-state index is 12.3. The van der Waals surface area contributed by atoms with Crippen LogP contribution in [0.3, 0.4) is 0 Å². The first-order valence-electron chi connectivity index (χ1n) is 9.77. The Kier molecular flexibility index (Phi) is 8.81. The highest BCUT2D eigenvalue weighted by Gasteiger charge is 2.32. The van der Waals surface area contributed by atoms with Gasteiger partial charge in [0, 0.05) is 10.9 Å². The quantitative estimate of drug-likeness (QED) is 0.688. The lowest BCUT2D eigenvalue weighted by Crippen LogP contribution is -2.37. The maximum Gasteiger partial charge on any atom is 0.323 e. The molecule has 28 heavy (non-hydrogen) atoms. The number of halogens is 2. The van der Waals surface area contributed by atoms with Crippen molar-refractivity contribution in [2.45, 2.75) is 51.2 Å². The zero-order valence-electron chi connectivity index (χ0n) is 16.2. The first-order chi connectivity index (χ1) is 13.0. The van der Waals surface area contributed by atoms with Crippen LogP contribution in [-0.2, 0) is 22.4 Å². The summed E-state index contributed by atoms with van der Waals surface area (Å²) in [6, 6.07) is 18.0. The van der Waals surface area contributed by atoms with Crippen LogP contribution in [0.1, 0.15) is 37.3 Å². The normalized spacial score (nSPS) is 25.6. The summed E-state index contributed by atoms with van der Waals surface area (Å²) in [6.45, 7) is 2.01. The predicted octanol–water partition coefficient (Wildman–Crippen LogP) is 5.22. The maximum absolute atomic E-state index is 12.3. The van der Waals surface area contributed by atoms with Crippen LogP contribution in [0.5, 0.6) is 0 Å². The molecule has 1 heterocycles. The summed E-state index contributed by atoms with van der Waals surface area (Å²) < 4.78 is 5.77. The van der Waals surface area contributed by atoms with Gasteiger partial charge in [0.1, 0.15) is 12.1 Å². The molecule has 0 unspecified atom stereocenters. The van der Waals surface area contributed by atoms with E-state index in [-0.39, 0.29) is 30.4 Å². The van der Waals surface area contributed by atoms with E-state index in [1.807, 2.05) is 25.1 Å². The molecule has 0 radical (unpaired) electrons. The second-order valence-corrected chi connectivity index (χ2v) is 8.06. The number of cyclic esters (lactones) is 1. The van der Waals surface area contributed by atoms with Gasteiger partial charge in [-0.1, -0.05) is 60.5 Å². The molecule has 1 fully saturated rings. The van der Waals surface area contributed by atoms with Crippen molar-refractivity contribution in [3.63, 3.8) is 0 Å². The Hall–Kier alpha value is -1.55. The summed E-state index contributed by atoms with van der Waals surface area (Å²) in [6.07, 6.45) is 4.33. The number of carbonyl (C=O) groups excluding carboxylic acids is 1. The fourth-order valence-electron chi connectivity index (χ4n) is 4.07. The third kappa shape index (κ3) is 6.23. The predicted molar refractivity (Wildman–Crippen MR) is 117 cm³/mol. The number of ether oxygens (including phenoxy) is 1. The van der Waals surface area contributed by atoms with Gasteiger partial charge in [-0.25, -0.2) is 0 Å². The van der Waals surface area contributed by atoms with E-state index in [0.29, 0.717) is 12.3 Å². The minimum absolute atomic E-state index is 0. The molecule has 3 rings (SSSR count). The van der Waals surface area contributed by atoms with Gasteiger partial charge in [-0.05, 0) is 61.8 Å². The number of hydrogen-bond acceptors (Lipinski definition) is 3. The Labute approximate surface area is 179 Å². The van der Waals surface area contributed by atoms with Crippen molar-refractivity contribution in [3.8, 4) is 0 Å². The SMILES string of the molecule is C[C@@H]1OC(=O)[C@@H](N)CCC[C@H](Cc2ccc(Cl)cc2)[C@H]1Cc1ccccc1.Cl. The number of benzene rings is 2. The Bertz CT molecular complexity index is 736. The Morgan fingerprint density at radius 3 is 2.32 bits per heavy atom. The molecule has 0 aliphatic carbocycles. The van der Waals surface area contributed by atoms with Crippen LogP contribution in [-0.4, -0.2) is 18.1 Å². The van der Waals surface area contributed by atoms with Crippen molar-refractivity contribution in [1.29, 1.82) is 0 Å². The van der Waals surface area contributed by atoms with E-state index in [0.717, 1.165) is 30.7 Å². The Balaban J connectivity index is 0.00000280. The van der Waals surface area contributed by atoms with E-state index in [4.69, 9.17) is 22.1 Å². The molecule has 0 spiro atoms. The molecule has 2 N–H and O–H groups in total. The zero-order chi connectivity index (χ0) is 19.2. The number of hydrogen-bond donors (Lipinski definition) is 1. The molecular weight excluding hydrogens is 393 g/mol. The van der Waals surface area contributed by atoms with Crippen LogP contribution in [0.4, 0.5) is 0 Å². The average molecular weight is 422 g/mol. The van der Waals surface area contributed by atoms with Crippen LogP contribution in [0.25, 0.3) is 0 Å². The van der Waals surface area contributed by atoms with Crippen molar-refractivity contribution in [2.24, 2.45) is 17.6 Å². The van der Waals surface area contributed by atoms with Crippen LogP contribution >= 0.6 is 24.0 Å². The number of esters is 1. The Morgan fingerprint density at radius 1 is 1.00 bits per heavy atom. The lowest BCUT2D eigenvalue weighted by Gasteiger charge is -2.31. The first-order valence-corrected chi connectivity index (χ1v) is 10.1. The molecule has 3 nitrogen and oxygen atoms in total. The van der Waals surface area contributed by atoms with Gasteiger partial charge in [0.05, 0.1) is 0 Å². The molecule has 152 valence electrons. The van der Waals surface area contributed by atoms with E-state index >= 15 is 0 Å². The summed E-state index contributed by atoms with van der Waals surface area (Å²) in [4.78, 5) is 12.3. The average Bonchev–Trinajstić information content (AvgIpc) is 2.71. The number of nitrogens with two attached hydrogens (primary N) is 1. The second kappa shape index (κ2) is 10.8. The zero-order valence-corrected chi connectivity index (χ0v) is 17.8. The highest BCUT2D eigenvalue weighted by Crippen LogP contribution is 2.32. The van der Waals surface area contributed by atoms with Crippen molar-refractivity contribution < 1.29 is 9.53 Å². The molecule has 1 saturated heterocycles. The number of rotatable bonds is 4. The highest BCUT2D eigenvalue weighted by atomic mass is 35.5. The van der Waals surface area contributed by atoms with Gasteiger partial charge in [-0.2, -0.15) is 0 Å². The van der Waals surface area contributed by atoms with Crippen molar-refractivity contribution >= 4 is 30.0 Å². The molecule has 1 aliphatic rings. The molecule has 0 bridgehead atoms. The third-order valence-electron chi connectivity index (χ3n) is 5.63. The molecule has 0 aromatic heterocycles. The molecular formula is C23H29Cl2NO2. The fraction of sp³-hybridized carbons (Fsp3) is 0.435. The molecule has 2 aromatic rings.